The molecule has 1 aromatic carbocycles. The zero-order chi connectivity index (χ0) is 12.3. The van der Waals surface area contributed by atoms with Crippen LogP contribution in [0.1, 0.15) is 11.8 Å². The van der Waals surface area contributed by atoms with Gasteiger partial charge in [0.2, 0.25) is 5.91 Å². The van der Waals surface area contributed by atoms with Crippen LogP contribution >= 0.6 is 0 Å². The van der Waals surface area contributed by atoms with Gasteiger partial charge in [0.15, 0.2) is 0 Å². The molecule has 0 saturated carbocycles. The van der Waals surface area contributed by atoms with Crippen LogP contribution in [0.15, 0.2) is 43.0 Å². The molecule has 2 rings (SSSR count). The van der Waals surface area contributed by atoms with Crippen molar-refractivity contribution in [3.63, 3.8) is 0 Å². The number of nitrogens with two attached hydrogens (primary N) is 1. The maximum atomic E-state index is 11.1. The van der Waals surface area contributed by atoms with Gasteiger partial charge in [0, 0.05) is 19.7 Å². The highest BCUT2D eigenvalue weighted by Gasteiger charge is 2.06. The maximum absolute atomic E-state index is 11.1. The largest absolute Gasteiger partial charge is 0.366 e. The summed E-state index contributed by atoms with van der Waals surface area (Å²) in [5.74, 6) is -0.440. The van der Waals surface area contributed by atoms with Gasteiger partial charge in [-0.15, -0.1) is 0 Å². The number of carbonyl (C=O) groups is 1. The zero-order valence-electron chi connectivity index (χ0n) is 9.37. The fraction of sp³-hybridized carbons (Fsp3) is 0.0833. The van der Waals surface area contributed by atoms with E-state index in [2.05, 4.69) is 9.97 Å². The minimum absolute atomic E-state index is 0. The van der Waals surface area contributed by atoms with E-state index in [9.17, 15) is 4.79 Å². The van der Waals surface area contributed by atoms with Gasteiger partial charge in [-0.2, -0.15) is 0 Å². The van der Waals surface area contributed by atoms with Crippen LogP contribution in [0.3, 0.4) is 0 Å². The number of nitrogens with zero attached hydrogens (tertiary/aromatic N) is 3. The van der Waals surface area contributed by atoms with Crippen molar-refractivity contribution in [2.45, 2.75) is 0 Å². The predicted molar refractivity (Wildman–Crippen MR) is 67.2 cm³/mol. The second kappa shape index (κ2) is 4.61. The lowest BCUT2D eigenvalue weighted by atomic mass is 10.2. The Hall–Kier alpha value is -2.43. The molecule has 1 aromatic heterocycles. The van der Waals surface area contributed by atoms with Crippen molar-refractivity contribution in [3.05, 3.63) is 48.5 Å². The lowest BCUT2D eigenvalue weighted by molar-refractivity contribution is 0.100. The highest BCUT2D eigenvalue weighted by Crippen LogP contribution is 2.22. The fourth-order valence-corrected chi connectivity index (χ4v) is 1.48. The first-order chi connectivity index (χ1) is 8.18. The van der Waals surface area contributed by atoms with Gasteiger partial charge in [-0.25, -0.2) is 9.97 Å². The van der Waals surface area contributed by atoms with Crippen molar-refractivity contribution in [3.8, 4) is 0 Å². The van der Waals surface area contributed by atoms with Crippen molar-refractivity contribution < 1.29 is 6.22 Å². The van der Waals surface area contributed by atoms with Crippen molar-refractivity contribution >= 4 is 17.3 Å². The first-order valence-corrected chi connectivity index (χ1v) is 5.07. The normalized spacial score (nSPS) is 9.94. The molecule has 88 valence electrons. The Morgan fingerprint density at radius 3 is 2.65 bits per heavy atom. The van der Waals surface area contributed by atoms with Gasteiger partial charge >= 0.3 is 0 Å². The smallest absolute Gasteiger partial charge is 0.248 e. The molecule has 1 amide bonds. The Bertz CT molecular complexity index is 533. The Morgan fingerprint density at radius 2 is 2.00 bits per heavy atom. The molecule has 0 saturated heterocycles. The molecule has 0 radical (unpaired) electrons. The van der Waals surface area contributed by atoms with Gasteiger partial charge in [0.05, 0.1) is 18.1 Å². The quantitative estimate of drug-likeness (QED) is 0.869. The van der Waals surface area contributed by atoms with Crippen molar-refractivity contribution in [2.24, 2.45) is 5.73 Å². The van der Waals surface area contributed by atoms with E-state index in [1.54, 1.807) is 30.6 Å². The van der Waals surface area contributed by atoms with Crippen LogP contribution in [0.4, 0.5) is 11.4 Å². The molecular formula is C12H14N4O. The van der Waals surface area contributed by atoms with Crippen LogP contribution < -0.4 is 10.6 Å². The molecule has 5 nitrogen and oxygen atoms in total. The van der Waals surface area contributed by atoms with Gasteiger partial charge in [0.1, 0.15) is 6.33 Å². The van der Waals surface area contributed by atoms with Crippen LogP contribution in [-0.4, -0.2) is 22.9 Å². The van der Waals surface area contributed by atoms with E-state index in [-0.39, 0.29) is 1.43 Å². The molecule has 0 fully saturated rings. The van der Waals surface area contributed by atoms with Crippen LogP contribution in [-0.2, 0) is 0 Å². The molecule has 0 aliphatic heterocycles. The molecule has 1 heterocycles. The van der Waals surface area contributed by atoms with Crippen LogP contribution in [0.5, 0.6) is 0 Å². The minimum atomic E-state index is -0.440. The summed E-state index contributed by atoms with van der Waals surface area (Å²) < 4.78 is 0. The Balaban J connectivity index is 0.00000162. The van der Waals surface area contributed by atoms with E-state index in [1.807, 2.05) is 18.0 Å². The van der Waals surface area contributed by atoms with E-state index in [4.69, 9.17) is 5.73 Å². The second-order valence-corrected chi connectivity index (χ2v) is 3.57. The summed E-state index contributed by atoms with van der Waals surface area (Å²) in [4.78, 5) is 20.9. The number of hydrogen-bond acceptors (Lipinski definition) is 4. The third-order valence-electron chi connectivity index (χ3n) is 2.45. The molecule has 0 unspecified atom stereocenters. The van der Waals surface area contributed by atoms with Gasteiger partial charge in [-0.1, -0.05) is 6.07 Å². The highest BCUT2D eigenvalue weighted by atomic mass is 16.1. The highest BCUT2D eigenvalue weighted by molar-refractivity contribution is 5.93. The molecule has 0 atom stereocenters. The van der Waals surface area contributed by atoms with E-state index < -0.39 is 5.91 Å². The SMILES string of the molecule is CN(c1cncnc1)c1cccc(C(N)=O)c1.[HH]. The lowest BCUT2D eigenvalue weighted by Crippen LogP contribution is -2.14. The Morgan fingerprint density at radius 1 is 1.29 bits per heavy atom. The van der Waals surface area contributed by atoms with E-state index >= 15 is 0 Å². The number of primary amides is 1. The van der Waals surface area contributed by atoms with E-state index in [1.165, 1.54) is 6.33 Å². The first kappa shape index (κ1) is 11.1. The molecule has 5 heteroatoms. The fourth-order valence-electron chi connectivity index (χ4n) is 1.48. The molecule has 0 spiro atoms. The average molecular weight is 230 g/mol. The Labute approximate surface area is 100 Å². The Kier molecular flexibility index (Phi) is 3.00. The van der Waals surface area contributed by atoms with E-state index in [0.717, 1.165) is 11.4 Å². The molecular weight excluding hydrogens is 216 g/mol. The third kappa shape index (κ3) is 2.39. The van der Waals surface area contributed by atoms with Gasteiger partial charge in [-0.05, 0) is 18.2 Å². The summed E-state index contributed by atoms with van der Waals surface area (Å²) in [6, 6.07) is 7.09. The topological polar surface area (TPSA) is 72.1 Å². The summed E-state index contributed by atoms with van der Waals surface area (Å²) in [5.41, 5.74) is 7.42. The lowest BCUT2D eigenvalue weighted by Gasteiger charge is -2.18. The number of rotatable bonds is 3. The molecule has 0 aliphatic carbocycles. The maximum Gasteiger partial charge on any atom is 0.248 e. The monoisotopic (exact) mass is 230 g/mol. The summed E-state index contributed by atoms with van der Waals surface area (Å²) >= 11 is 0. The molecule has 2 N–H and O–H groups in total. The van der Waals surface area contributed by atoms with Crippen LogP contribution in [0.25, 0.3) is 0 Å². The first-order valence-electron chi connectivity index (χ1n) is 5.07. The number of anilines is 2. The van der Waals surface area contributed by atoms with Crippen molar-refractivity contribution in [1.29, 1.82) is 0 Å². The van der Waals surface area contributed by atoms with E-state index in [0.29, 0.717) is 5.56 Å². The minimum Gasteiger partial charge on any atom is -0.366 e. The molecule has 0 bridgehead atoms. The molecule has 17 heavy (non-hydrogen) atoms. The standard InChI is InChI=1S/C12H12N4O.H2/c1-16(11-6-14-8-15-7-11)10-4-2-3-9(5-10)12(13)17;/h2-8H,1H3,(H2,13,17);1H. The number of aromatic nitrogens is 2. The summed E-state index contributed by atoms with van der Waals surface area (Å²) in [5, 5.41) is 0. The zero-order valence-corrected chi connectivity index (χ0v) is 9.37. The molecule has 0 aliphatic rings. The van der Waals surface area contributed by atoms with Crippen molar-refractivity contribution in [1.82, 2.24) is 9.97 Å². The second-order valence-electron chi connectivity index (χ2n) is 3.57. The third-order valence-corrected chi connectivity index (χ3v) is 2.45. The van der Waals surface area contributed by atoms with Gasteiger partial charge in [-0.3, -0.25) is 4.79 Å². The van der Waals surface area contributed by atoms with Crippen LogP contribution in [0, 0.1) is 0 Å². The molecule has 2 aromatic rings. The number of benzene rings is 1. The van der Waals surface area contributed by atoms with Gasteiger partial charge in [0.25, 0.3) is 0 Å². The summed E-state index contributed by atoms with van der Waals surface area (Å²) in [6.07, 6.45) is 4.87. The van der Waals surface area contributed by atoms with Gasteiger partial charge < -0.3 is 10.6 Å². The van der Waals surface area contributed by atoms with Crippen molar-refractivity contribution in [2.75, 3.05) is 11.9 Å². The van der Waals surface area contributed by atoms with Crippen LogP contribution in [0.2, 0.25) is 0 Å². The predicted octanol–water partition coefficient (Wildman–Crippen LogP) is 1.59. The summed E-state index contributed by atoms with van der Waals surface area (Å²) in [6.45, 7) is 0. The number of hydrogen-bond donors (Lipinski definition) is 1. The number of amides is 1. The summed E-state index contributed by atoms with van der Waals surface area (Å²) in [7, 11) is 1.87. The number of carbonyl (C=O) groups excluding carboxylic acids is 1. The average Bonchev–Trinajstić information content (AvgIpc) is 2.39.